The Balaban J connectivity index is 1.74. The molecular weight excluding hydrogens is 268 g/mol. The third-order valence-electron chi connectivity index (χ3n) is 4.75. The molecule has 0 spiro atoms. The summed E-state index contributed by atoms with van der Waals surface area (Å²) in [6.45, 7) is 5.12. The number of hydrogen-bond donors (Lipinski definition) is 0. The summed E-state index contributed by atoms with van der Waals surface area (Å²) in [6, 6.07) is 0.152. The van der Waals surface area contributed by atoms with E-state index >= 15 is 0 Å². The van der Waals surface area contributed by atoms with Crippen LogP contribution in [0.2, 0.25) is 0 Å². The minimum absolute atomic E-state index is 0.146. The molecule has 0 N–H and O–H groups in total. The van der Waals surface area contributed by atoms with Crippen molar-refractivity contribution in [2.45, 2.75) is 25.5 Å². The Morgan fingerprint density at radius 3 is 2.81 bits per heavy atom. The van der Waals surface area contributed by atoms with E-state index in [9.17, 15) is 4.79 Å². The maximum atomic E-state index is 12.7. The van der Waals surface area contributed by atoms with Gasteiger partial charge in [0.05, 0.1) is 6.04 Å². The van der Waals surface area contributed by atoms with Gasteiger partial charge >= 0.3 is 0 Å². The van der Waals surface area contributed by atoms with E-state index in [0.717, 1.165) is 25.3 Å². The van der Waals surface area contributed by atoms with Crippen LogP contribution < -0.4 is 0 Å². The number of ether oxygens (including phenoxy) is 1. The fourth-order valence-electron chi connectivity index (χ4n) is 3.24. The van der Waals surface area contributed by atoms with E-state index in [4.69, 9.17) is 4.74 Å². The molecular formula is C15H24N4O2. The zero-order chi connectivity index (χ0) is 15.0. The first-order chi connectivity index (χ1) is 10.1. The Morgan fingerprint density at radius 2 is 2.19 bits per heavy atom. The Morgan fingerprint density at radius 1 is 1.38 bits per heavy atom. The molecule has 21 heavy (non-hydrogen) atoms. The molecule has 2 aliphatic heterocycles. The lowest BCUT2D eigenvalue weighted by Crippen LogP contribution is -2.52. The van der Waals surface area contributed by atoms with Crippen molar-refractivity contribution in [2.75, 3.05) is 33.3 Å². The van der Waals surface area contributed by atoms with Crippen LogP contribution in [0.25, 0.3) is 0 Å². The van der Waals surface area contributed by atoms with Crippen molar-refractivity contribution in [3.8, 4) is 0 Å². The molecule has 3 atom stereocenters. The molecule has 6 nitrogen and oxygen atoms in total. The highest BCUT2D eigenvalue weighted by Crippen LogP contribution is 2.26. The van der Waals surface area contributed by atoms with Crippen molar-refractivity contribution in [2.24, 2.45) is 13.0 Å². The highest BCUT2D eigenvalue weighted by atomic mass is 16.5. The van der Waals surface area contributed by atoms with Crippen molar-refractivity contribution in [3.63, 3.8) is 0 Å². The summed E-state index contributed by atoms with van der Waals surface area (Å²) in [4.78, 5) is 21.3. The van der Waals surface area contributed by atoms with Gasteiger partial charge in [-0.05, 0) is 19.4 Å². The molecule has 1 aromatic rings. The van der Waals surface area contributed by atoms with Crippen LogP contribution in [-0.4, -0.2) is 64.7 Å². The highest BCUT2D eigenvalue weighted by Gasteiger charge is 2.37. The number of rotatable bonds is 2. The fraction of sp³-hybridized carbons (Fsp3) is 0.733. The van der Waals surface area contributed by atoms with Gasteiger partial charge in [0.25, 0.3) is 5.91 Å². The predicted molar refractivity (Wildman–Crippen MR) is 78.7 cm³/mol. The highest BCUT2D eigenvalue weighted by molar-refractivity contribution is 5.81. The van der Waals surface area contributed by atoms with Gasteiger partial charge in [-0.2, -0.15) is 0 Å². The van der Waals surface area contributed by atoms with Gasteiger partial charge in [0.15, 0.2) is 0 Å². The van der Waals surface area contributed by atoms with Crippen LogP contribution in [0.5, 0.6) is 0 Å². The number of aryl methyl sites for hydroxylation is 1. The largest absolute Gasteiger partial charge is 0.368 e. The number of piperazine rings is 1. The van der Waals surface area contributed by atoms with Gasteiger partial charge in [0.1, 0.15) is 11.9 Å². The molecule has 0 saturated carbocycles. The molecule has 116 valence electrons. The van der Waals surface area contributed by atoms with Crippen molar-refractivity contribution >= 4 is 5.91 Å². The number of carbonyl (C=O) groups excluding carboxylic acids is 1. The van der Waals surface area contributed by atoms with Gasteiger partial charge in [0.2, 0.25) is 0 Å². The quantitative estimate of drug-likeness (QED) is 0.803. The molecule has 3 heterocycles. The average molecular weight is 292 g/mol. The maximum absolute atomic E-state index is 12.7. The summed E-state index contributed by atoms with van der Waals surface area (Å²) in [6.07, 6.45) is 4.49. The van der Waals surface area contributed by atoms with Gasteiger partial charge in [-0.15, -0.1) is 0 Å². The van der Waals surface area contributed by atoms with Crippen LogP contribution in [0.15, 0.2) is 12.4 Å². The second-order valence-electron chi connectivity index (χ2n) is 6.23. The van der Waals surface area contributed by atoms with Crippen LogP contribution in [0.1, 0.15) is 25.2 Å². The van der Waals surface area contributed by atoms with Gasteiger partial charge in [-0.3, -0.25) is 9.69 Å². The molecule has 2 saturated heterocycles. The lowest BCUT2D eigenvalue weighted by molar-refractivity contribution is -0.145. The van der Waals surface area contributed by atoms with Gasteiger partial charge < -0.3 is 14.2 Å². The minimum Gasteiger partial charge on any atom is -0.368 e. The minimum atomic E-state index is -0.254. The molecule has 2 fully saturated rings. The first kappa shape index (κ1) is 14.5. The number of carbonyl (C=O) groups is 1. The fourth-order valence-corrected chi connectivity index (χ4v) is 3.24. The Hall–Kier alpha value is -1.40. The van der Waals surface area contributed by atoms with Crippen LogP contribution in [-0.2, 0) is 16.6 Å². The number of imidazole rings is 1. The summed E-state index contributed by atoms with van der Waals surface area (Å²) in [5, 5.41) is 0. The van der Waals surface area contributed by atoms with E-state index in [1.807, 2.05) is 28.9 Å². The van der Waals surface area contributed by atoms with Gasteiger partial charge in [0, 0.05) is 45.7 Å². The standard InChI is InChI=1S/C15H24N4O2/c1-11-4-9-21-13(11)15(20)19-8-7-17(2)12(10-19)14-16-5-6-18(14)3/h5-6,11-13H,4,7-10H2,1-3H3/t11-,12-,13+/m1/s1. The van der Waals surface area contributed by atoms with Gasteiger partial charge in [-0.1, -0.05) is 6.92 Å². The molecule has 3 rings (SSSR count). The summed E-state index contributed by atoms with van der Waals surface area (Å²) in [7, 11) is 4.09. The van der Waals surface area contributed by atoms with E-state index in [1.165, 1.54) is 0 Å². The summed E-state index contributed by atoms with van der Waals surface area (Å²) < 4.78 is 7.66. The summed E-state index contributed by atoms with van der Waals surface area (Å²) in [5.74, 6) is 1.48. The third kappa shape index (κ3) is 2.70. The normalized spacial score (nSPS) is 30.8. The molecule has 0 bridgehead atoms. The molecule has 2 aliphatic rings. The number of likely N-dealkylation sites (N-methyl/N-ethyl adjacent to an activating group) is 1. The van der Waals surface area contributed by atoms with E-state index in [1.54, 1.807) is 0 Å². The van der Waals surface area contributed by atoms with E-state index in [-0.39, 0.29) is 18.1 Å². The SMILES string of the molecule is C[C@@H]1CCO[C@@H]1C(=O)N1CCN(C)[C@@H](c2nccn2C)C1. The topological polar surface area (TPSA) is 50.6 Å². The summed E-state index contributed by atoms with van der Waals surface area (Å²) in [5.41, 5.74) is 0. The van der Waals surface area contributed by atoms with Crippen LogP contribution in [0, 0.1) is 5.92 Å². The molecule has 1 amide bonds. The second-order valence-corrected chi connectivity index (χ2v) is 6.23. The number of nitrogens with zero attached hydrogens (tertiary/aromatic N) is 4. The van der Waals surface area contributed by atoms with E-state index in [2.05, 4.69) is 23.9 Å². The number of aromatic nitrogens is 2. The van der Waals surface area contributed by atoms with Crippen molar-refractivity contribution < 1.29 is 9.53 Å². The zero-order valence-electron chi connectivity index (χ0n) is 13.0. The monoisotopic (exact) mass is 292 g/mol. The van der Waals surface area contributed by atoms with E-state index < -0.39 is 0 Å². The van der Waals surface area contributed by atoms with Crippen molar-refractivity contribution in [1.29, 1.82) is 0 Å². The average Bonchev–Trinajstić information content (AvgIpc) is 3.07. The Bertz CT molecular complexity index is 516. The number of hydrogen-bond acceptors (Lipinski definition) is 4. The van der Waals surface area contributed by atoms with Crippen LogP contribution in [0.3, 0.4) is 0 Å². The summed E-state index contributed by atoms with van der Waals surface area (Å²) >= 11 is 0. The molecule has 0 aromatic carbocycles. The lowest BCUT2D eigenvalue weighted by Gasteiger charge is -2.40. The first-order valence-corrected chi connectivity index (χ1v) is 7.65. The second kappa shape index (κ2) is 5.77. The third-order valence-corrected chi connectivity index (χ3v) is 4.75. The van der Waals surface area contributed by atoms with Crippen LogP contribution in [0.4, 0.5) is 0 Å². The lowest BCUT2D eigenvalue weighted by atomic mass is 10.0. The zero-order valence-corrected chi connectivity index (χ0v) is 13.0. The Kier molecular flexibility index (Phi) is 3.99. The van der Waals surface area contributed by atoms with Crippen molar-refractivity contribution in [3.05, 3.63) is 18.2 Å². The first-order valence-electron chi connectivity index (χ1n) is 7.65. The molecule has 0 radical (unpaired) electrons. The van der Waals surface area contributed by atoms with E-state index in [0.29, 0.717) is 19.1 Å². The molecule has 6 heteroatoms. The molecule has 0 aliphatic carbocycles. The van der Waals surface area contributed by atoms with Crippen molar-refractivity contribution in [1.82, 2.24) is 19.4 Å². The predicted octanol–water partition coefficient (Wildman–Crippen LogP) is 0.660. The Labute approximate surface area is 125 Å². The van der Waals surface area contributed by atoms with Crippen LogP contribution >= 0.6 is 0 Å². The number of amides is 1. The maximum Gasteiger partial charge on any atom is 0.252 e. The molecule has 1 aromatic heterocycles. The smallest absolute Gasteiger partial charge is 0.252 e. The van der Waals surface area contributed by atoms with Gasteiger partial charge in [-0.25, -0.2) is 4.98 Å². The molecule has 0 unspecified atom stereocenters.